The van der Waals surface area contributed by atoms with E-state index >= 15 is 0 Å². The quantitative estimate of drug-likeness (QED) is 0.0661. The number of aliphatic hydroxyl groups excluding tert-OH is 2. The van der Waals surface area contributed by atoms with Gasteiger partial charge < -0.3 is 29.0 Å². The van der Waals surface area contributed by atoms with E-state index in [-0.39, 0.29) is 60.8 Å². The Morgan fingerprint density at radius 1 is 1.02 bits per heavy atom. The number of hydrogen-bond donors (Lipinski definition) is 2. The lowest BCUT2D eigenvalue weighted by molar-refractivity contribution is -0.137. The highest BCUT2D eigenvalue weighted by atomic mass is 19.2. The van der Waals surface area contributed by atoms with E-state index in [0.29, 0.717) is 0 Å². The molecule has 1 aliphatic heterocycles. The molecule has 0 spiro atoms. The van der Waals surface area contributed by atoms with Crippen molar-refractivity contribution in [1.29, 1.82) is 0 Å². The van der Waals surface area contributed by atoms with E-state index in [9.17, 15) is 45.8 Å². The average molecular weight is 659 g/mol. The van der Waals surface area contributed by atoms with E-state index in [1.807, 2.05) is 0 Å². The molecule has 0 bridgehead atoms. The van der Waals surface area contributed by atoms with Gasteiger partial charge in [0.15, 0.2) is 34.8 Å². The van der Waals surface area contributed by atoms with Gasteiger partial charge in [0, 0.05) is 12.4 Å². The summed E-state index contributed by atoms with van der Waals surface area (Å²) < 4.78 is 97.1. The van der Waals surface area contributed by atoms with Crippen LogP contribution < -0.4 is 10.2 Å². The van der Waals surface area contributed by atoms with Crippen LogP contribution in [-0.4, -0.2) is 65.4 Å². The van der Waals surface area contributed by atoms with Gasteiger partial charge in [-0.25, -0.2) is 31.5 Å². The fraction of sp³-hybridized carbons (Fsp3) is 0.333. The average Bonchev–Trinajstić information content (AvgIpc) is 3.02. The first kappa shape index (κ1) is 35.6. The molecular weight excluding hydrogens is 630 g/mol. The predicted octanol–water partition coefficient (Wildman–Crippen LogP) is 4.94. The lowest BCUT2D eigenvalue weighted by Gasteiger charge is -2.27. The number of benzene rings is 2. The summed E-state index contributed by atoms with van der Waals surface area (Å²) in [6, 6.07) is 0.0744. The number of aliphatic hydroxyl groups is 2. The predicted molar refractivity (Wildman–Crippen MR) is 152 cm³/mol. The molecule has 0 saturated carbocycles. The molecule has 0 amide bonds. The van der Waals surface area contributed by atoms with Gasteiger partial charge in [0.1, 0.15) is 23.5 Å². The Hall–Kier alpha value is -4.86. The van der Waals surface area contributed by atoms with Crippen molar-refractivity contribution < 1.29 is 60.4 Å². The molecule has 2 atom stereocenters. The van der Waals surface area contributed by atoms with Crippen molar-refractivity contribution in [3.63, 3.8) is 0 Å². The van der Waals surface area contributed by atoms with Crippen LogP contribution in [0.4, 0.5) is 26.3 Å². The monoisotopic (exact) mass is 658 g/mol. The fourth-order valence-electron chi connectivity index (χ4n) is 4.11. The number of carbonyl (C=O) groups excluding carboxylic acids is 2. The maximum absolute atomic E-state index is 13.9. The molecule has 0 fully saturated rings. The minimum atomic E-state index is -2.14. The SMILES string of the molecule is CCOC(=O)C(C=N[C@@H](C)CO)=C(O)c1cc(F)c(F)c(F)c1F.CCOC(=O)c1cn2c3c(c(F)c(F)cc3c1=O)OC[C@@H]2C. The molecule has 16 heteroatoms. The topological polar surface area (TPSA) is 137 Å². The Labute approximate surface area is 257 Å². The van der Waals surface area contributed by atoms with Gasteiger partial charge in [0.25, 0.3) is 0 Å². The second-order valence-corrected chi connectivity index (χ2v) is 9.70. The summed E-state index contributed by atoms with van der Waals surface area (Å²) in [7, 11) is 0. The van der Waals surface area contributed by atoms with Gasteiger partial charge in [-0.3, -0.25) is 9.79 Å². The van der Waals surface area contributed by atoms with Crippen LogP contribution in [-0.2, 0) is 14.3 Å². The smallest absolute Gasteiger partial charge is 0.343 e. The summed E-state index contributed by atoms with van der Waals surface area (Å²) in [5, 5.41) is 18.8. The lowest BCUT2D eigenvalue weighted by atomic mass is 10.1. The molecule has 2 aromatic carbocycles. The number of esters is 2. The van der Waals surface area contributed by atoms with Crippen LogP contribution in [0.1, 0.15) is 49.7 Å². The standard InChI is InChI=1S/C15H15F4NO4.C15H13F2NO4/c1-3-24-15(23)9(5-20-7(2)6-21)14(22)8-4-10(16)12(18)13(19)11(8)17;1-3-21-15(20)9-5-18-7(2)6-22-14-11(17)10(16)4-8(12(14)18)13(9)19/h4-5,7,21-22H,3,6H2,1-2H3;4-5,7H,3,6H2,1-2H3/t2*7-/m00/s1. The zero-order chi connectivity index (χ0) is 34.5. The second-order valence-electron chi connectivity index (χ2n) is 9.70. The van der Waals surface area contributed by atoms with Crippen LogP contribution >= 0.6 is 0 Å². The van der Waals surface area contributed by atoms with Crippen molar-refractivity contribution in [2.75, 3.05) is 26.4 Å². The van der Waals surface area contributed by atoms with Gasteiger partial charge in [0.2, 0.25) is 11.2 Å². The van der Waals surface area contributed by atoms with Crippen LogP contribution in [0.2, 0.25) is 0 Å². The molecule has 0 radical (unpaired) electrons. The highest BCUT2D eigenvalue weighted by Gasteiger charge is 2.29. The largest absolute Gasteiger partial charge is 0.506 e. The number of ether oxygens (including phenoxy) is 3. The molecule has 0 saturated heterocycles. The third kappa shape index (κ3) is 7.17. The van der Waals surface area contributed by atoms with Crippen LogP contribution in [0.25, 0.3) is 16.7 Å². The Kier molecular flexibility index (Phi) is 11.6. The molecule has 0 unspecified atom stereocenters. The zero-order valence-corrected chi connectivity index (χ0v) is 24.8. The summed E-state index contributed by atoms with van der Waals surface area (Å²) >= 11 is 0. The van der Waals surface area contributed by atoms with Crippen LogP contribution in [0, 0.1) is 34.9 Å². The van der Waals surface area contributed by atoms with E-state index in [0.717, 1.165) is 12.3 Å². The molecule has 2 N–H and O–H groups in total. The summed E-state index contributed by atoms with van der Waals surface area (Å²) in [6.45, 7) is 6.04. The number of pyridine rings is 1. The van der Waals surface area contributed by atoms with Crippen molar-refractivity contribution in [1.82, 2.24) is 4.57 Å². The van der Waals surface area contributed by atoms with Gasteiger partial charge in [-0.15, -0.1) is 0 Å². The van der Waals surface area contributed by atoms with Crippen molar-refractivity contribution in [2.24, 2.45) is 4.99 Å². The Morgan fingerprint density at radius 3 is 2.26 bits per heavy atom. The van der Waals surface area contributed by atoms with E-state index < -0.39 is 75.2 Å². The van der Waals surface area contributed by atoms with E-state index in [1.54, 1.807) is 18.4 Å². The van der Waals surface area contributed by atoms with Crippen LogP contribution in [0.5, 0.6) is 5.75 Å². The highest BCUT2D eigenvalue weighted by Crippen LogP contribution is 2.35. The normalized spacial score (nSPS) is 15.1. The third-order valence-corrected chi connectivity index (χ3v) is 6.44. The van der Waals surface area contributed by atoms with Crippen LogP contribution in [0.3, 0.4) is 0 Å². The summed E-state index contributed by atoms with van der Waals surface area (Å²) in [5.41, 5.74) is -2.54. The van der Waals surface area contributed by atoms with Gasteiger partial charge in [-0.05, 0) is 39.8 Å². The van der Waals surface area contributed by atoms with Crippen molar-refractivity contribution in [3.8, 4) is 5.75 Å². The van der Waals surface area contributed by atoms with Crippen LogP contribution in [0.15, 0.2) is 33.7 Å². The first-order valence-corrected chi connectivity index (χ1v) is 13.6. The maximum Gasteiger partial charge on any atom is 0.343 e. The van der Waals surface area contributed by atoms with Crippen molar-refractivity contribution >= 4 is 34.8 Å². The van der Waals surface area contributed by atoms with Gasteiger partial charge in [-0.2, -0.15) is 4.39 Å². The molecule has 3 aromatic rings. The Bertz CT molecular complexity index is 1790. The number of aliphatic imine (C=N–C) groups is 1. The number of carbonyl (C=O) groups is 2. The zero-order valence-electron chi connectivity index (χ0n) is 24.8. The molecule has 248 valence electrons. The number of nitrogens with zero attached hydrogens (tertiary/aromatic N) is 2. The van der Waals surface area contributed by atoms with Gasteiger partial charge in [-0.1, -0.05) is 0 Å². The number of hydrogen-bond acceptors (Lipinski definition) is 9. The minimum absolute atomic E-state index is 0.104. The Morgan fingerprint density at radius 2 is 1.65 bits per heavy atom. The molecule has 0 aliphatic carbocycles. The summed E-state index contributed by atoms with van der Waals surface area (Å²) in [4.78, 5) is 39.8. The fourth-order valence-corrected chi connectivity index (χ4v) is 4.11. The molecule has 46 heavy (non-hydrogen) atoms. The summed E-state index contributed by atoms with van der Waals surface area (Å²) in [6.07, 6.45) is 2.09. The van der Waals surface area contributed by atoms with E-state index in [1.165, 1.54) is 20.0 Å². The molecule has 4 rings (SSSR count). The van der Waals surface area contributed by atoms with Gasteiger partial charge in [0.05, 0.1) is 48.4 Å². The highest BCUT2D eigenvalue weighted by molar-refractivity contribution is 6.15. The van der Waals surface area contributed by atoms with E-state index in [2.05, 4.69) is 9.73 Å². The van der Waals surface area contributed by atoms with Crippen molar-refractivity contribution in [3.05, 3.63) is 80.2 Å². The Balaban J connectivity index is 0.000000251. The molecule has 1 aromatic heterocycles. The van der Waals surface area contributed by atoms with E-state index in [4.69, 9.17) is 14.6 Å². The number of rotatable bonds is 8. The molecule has 2 heterocycles. The third-order valence-electron chi connectivity index (χ3n) is 6.44. The van der Waals surface area contributed by atoms with Crippen molar-refractivity contribution in [2.45, 2.75) is 39.8 Å². The summed E-state index contributed by atoms with van der Waals surface area (Å²) in [5.74, 6) is -13.6. The second kappa shape index (κ2) is 14.9. The first-order valence-electron chi connectivity index (χ1n) is 13.6. The number of aromatic nitrogens is 1. The number of halogens is 6. The maximum atomic E-state index is 13.9. The first-order chi connectivity index (χ1) is 21.7. The molecular formula is C30H28F6N2O8. The lowest BCUT2D eigenvalue weighted by Crippen LogP contribution is -2.27. The molecule has 10 nitrogen and oxygen atoms in total. The van der Waals surface area contributed by atoms with Gasteiger partial charge >= 0.3 is 11.9 Å². The minimum Gasteiger partial charge on any atom is -0.506 e. The molecule has 1 aliphatic rings.